The van der Waals surface area contributed by atoms with E-state index in [1.165, 1.54) is 0 Å². The lowest BCUT2D eigenvalue weighted by atomic mass is 9.87. The molecule has 2 atom stereocenters. The Morgan fingerprint density at radius 2 is 1.82 bits per heavy atom. The van der Waals surface area contributed by atoms with Crippen molar-refractivity contribution in [3.63, 3.8) is 0 Å². The van der Waals surface area contributed by atoms with Crippen molar-refractivity contribution in [2.75, 3.05) is 11.9 Å². The second kappa shape index (κ2) is 9.75. The van der Waals surface area contributed by atoms with Gasteiger partial charge in [-0.15, -0.1) is 10.2 Å². The molecule has 0 radical (unpaired) electrons. The molecular formula is C30H28N6O3. The van der Waals surface area contributed by atoms with Gasteiger partial charge >= 0.3 is 11.7 Å². The Kier molecular flexibility index (Phi) is 6.11. The first-order chi connectivity index (χ1) is 19.0. The summed E-state index contributed by atoms with van der Waals surface area (Å²) in [5.74, 6) is 0.436. The first-order valence-electron chi connectivity index (χ1n) is 13.0. The van der Waals surface area contributed by atoms with Crippen LogP contribution in [0.4, 0.5) is 5.82 Å². The summed E-state index contributed by atoms with van der Waals surface area (Å²) < 4.78 is 8.69. The first-order valence-corrected chi connectivity index (χ1v) is 13.0. The summed E-state index contributed by atoms with van der Waals surface area (Å²) in [6, 6.07) is 18.6. The number of anilines is 1. The monoisotopic (exact) mass is 520 g/mol. The number of benzene rings is 2. The smallest absolute Gasteiger partial charge is 0.341 e. The van der Waals surface area contributed by atoms with Gasteiger partial charge in [0.25, 0.3) is 0 Å². The van der Waals surface area contributed by atoms with Crippen molar-refractivity contribution in [3.05, 3.63) is 118 Å². The van der Waals surface area contributed by atoms with E-state index in [0.29, 0.717) is 51.8 Å². The summed E-state index contributed by atoms with van der Waals surface area (Å²) in [5, 5.41) is 12.5. The molecule has 6 rings (SSSR count). The van der Waals surface area contributed by atoms with Crippen molar-refractivity contribution in [3.8, 4) is 5.69 Å². The van der Waals surface area contributed by atoms with Gasteiger partial charge in [-0.3, -0.25) is 0 Å². The van der Waals surface area contributed by atoms with Crippen molar-refractivity contribution in [1.82, 2.24) is 19.2 Å². The summed E-state index contributed by atoms with van der Waals surface area (Å²) in [5.41, 5.74) is 9.91. The molecule has 1 aliphatic heterocycles. The minimum absolute atomic E-state index is 0.188. The van der Waals surface area contributed by atoms with Crippen molar-refractivity contribution in [1.29, 1.82) is 0 Å². The molecule has 4 aromatic rings. The molecule has 0 saturated carbocycles. The molecule has 0 spiro atoms. The minimum atomic E-state index is -0.444. The second-order valence-corrected chi connectivity index (χ2v) is 9.54. The number of carbonyl (C=O) groups is 1. The third kappa shape index (κ3) is 4.03. The van der Waals surface area contributed by atoms with Crippen LogP contribution in [-0.2, 0) is 9.53 Å². The molecule has 9 heteroatoms. The molecule has 3 heterocycles. The van der Waals surface area contributed by atoms with Gasteiger partial charge in [-0.1, -0.05) is 60.7 Å². The number of para-hydroxylation sites is 1. The topological polar surface area (TPSA) is 117 Å². The highest BCUT2D eigenvalue weighted by Gasteiger charge is 2.36. The van der Waals surface area contributed by atoms with Gasteiger partial charge in [0.15, 0.2) is 5.65 Å². The number of esters is 1. The summed E-state index contributed by atoms with van der Waals surface area (Å²) in [6.45, 7) is 3.91. The number of hydrogen-bond acceptors (Lipinski definition) is 7. The Bertz CT molecular complexity index is 1730. The number of nitrogens with one attached hydrogen (secondary N) is 1. The highest BCUT2D eigenvalue weighted by Crippen LogP contribution is 2.41. The maximum Gasteiger partial charge on any atom is 0.341 e. The number of carbonyl (C=O) groups excluding carboxylic acids is 1. The molecule has 2 unspecified atom stereocenters. The minimum Gasteiger partial charge on any atom is -0.463 e. The molecule has 0 bridgehead atoms. The average Bonchev–Trinajstić information content (AvgIpc) is 3.39. The van der Waals surface area contributed by atoms with Crippen LogP contribution in [-0.4, -0.2) is 37.8 Å². The van der Waals surface area contributed by atoms with Crippen molar-refractivity contribution in [2.24, 2.45) is 5.73 Å². The van der Waals surface area contributed by atoms with Crippen LogP contribution in [0.3, 0.4) is 0 Å². The maximum atomic E-state index is 14.3. The Balaban J connectivity index is 1.75. The predicted octanol–water partition coefficient (Wildman–Crippen LogP) is 3.95. The Hall–Kier alpha value is -4.92. The molecule has 0 fully saturated rings. The van der Waals surface area contributed by atoms with E-state index < -0.39 is 12.0 Å². The van der Waals surface area contributed by atoms with Gasteiger partial charge in [0, 0.05) is 17.2 Å². The highest BCUT2D eigenvalue weighted by molar-refractivity contribution is 6.08. The van der Waals surface area contributed by atoms with Gasteiger partial charge in [0.2, 0.25) is 0 Å². The number of hydrogen-bond donors (Lipinski definition) is 2. The van der Waals surface area contributed by atoms with E-state index in [0.717, 1.165) is 5.56 Å². The molecule has 196 valence electrons. The fourth-order valence-electron chi connectivity index (χ4n) is 5.33. The zero-order chi connectivity index (χ0) is 27.1. The van der Waals surface area contributed by atoms with Crippen molar-refractivity contribution < 1.29 is 9.53 Å². The van der Waals surface area contributed by atoms with E-state index in [1.807, 2.05) is 85.8 Å². The molecule has 3 N–H and O–H groups in total. The number of allylic oxidation sites excluding steroid dienone is 3. The van der Waals surface area contributed by atoms with E-state index in [9.17, 15) is 9.59 Å². The zero-order valence-electron chi connectivity index (χ0n) is 21.7. The van der Waals surface area contributed by atoms with E-state index in [1.54, 1.807) is 15.9 Å². The fraction of sp³-hybridized carbons (Fsp3) is 0.200. The molecule has 39 heavy (non-hydrogen) atoms. The number of nitrogens with two attached hydrogens (primary N) is 1. The summed E-state index contributed by atoms with van der Waals surface area (Å²) in [7, 11) is 0. The number of rotatable bonds is 5. The van der Waals surface area contributed by atoms with Gasteiger partial charge < -0.3 is 15.8 Å². The van der Waals surface area contributed by atoms with E-state index >= 15 is 0 Å². The zero-order valence-corrected chi connectivity index (χ0v) is 21.7. The predicted molar refractivity (Wildman–Crippen MR) is 150 cm³/mol. The lowest BCUT2D eigenvalue weighted by molar-refractivity contribution is -0.138. The fourth-order valence-corrected chi connectivity index (χ4v) is 5.33. The van der Waals surface area contributed by atoms with Crippen LogP contribution in [0.2, 0.25) is 0 Å². The van der Waals surface area contributed by atoms with Crippen LogP contribution in [0.5, 0.6) is 0 Å². The molecular weight excluding hydrogens is 492 g/mol. The third-order valence-electron chi connectivity index (χ3n) is 7.09. The molecule has 2 aromatic carbocycles. The van der Waals surface area contributed by atoms with Gasteiger partial charge in [0.05, 0.1) is 29.5 Å². The van der Waals surface area contributed by atoms with Crippen LogP contribution in [0.15, 0.2) is 95.0 Å². The largest absolute Gasteiger partial charge is 0.463 e. The van der Waals surface area contributed by atoms with Crippen molar-refractivity contribution >= 4 is 23.0 Å². The molecule has 1 aliphatic carbocycles. The molecule has 0 amide bonds. The Morgan fingerprint density at radius 1 is 1.10 bits per heavy atom. The number of aromatic nitrogens is 4. The van der Waals surface area contributed by atoms with Gasteiger partial charge in [-0.05, 0) is 44.0 Å². The first kappa shape index (κ1) is 24.4. The number of nitrogens with zero attached hydrogens (tertiary/aromatic N) is 4. The van der Waals surface area contributed by atoms with Crippen LogP contribution in [0.1, 0.15) is 43.1 Å². The standard InChI is InChI=1S/C30H28N6O3/c1-3-39-29(37)23-18(2)32-27-25(24(23)19-10-6-4-7-11-19)28-34-33-26(20-14-16-21(31)17-15-20)36(28)30(38)35(27)22-12-8-5-9-13-22/h4-14,16-18,20,32H,3,15,31H2,1-2H3. The van der Waals surface area contributed by atoms with Crippen LogP contribution in [0.25, 0.3) is 16.9 Å². The molecule has 9 nitrogen and oxygen atoms in total. The SMILES string of the molecule is CCOC(=O)C1=C(c2ccccc2)c2c(n(-c3ccccc3)c(=O)n3c(C4C=CC(N)=CC4)nnc23)NC1C. The van der Waals surface area contributed by atoms with Crippen molar-refractivity contribution in [2.45, 2.75) is 32.2 Å². The Labute approximate surface area is 224 Å². The van der Waals surface area contributed by atoms with Gasteiger partial charge in [-0.2, -0.15) is 0 Å². The van der Waals surface area contributed by atoms with Crippen LogP contribution < -0.4 is 16.7 Å². The quantitative estimate of drug-likeness (QED) is 0.383. The molecule has 2 aliphatic rings. The molecule has 2 aromatic heterocycles. The third-order valence-corrected chi connectivity index (χ3v) is 7.09. The van der Waals surface area contributed by atoms with Gasteiger partial charge in [0.1, 0.15) is 11.6 Å². The second-order valence-electron chi connectivity index (χ2n) is 9.54. The summed E-state index contributed by atoms with van der Waals surface area (Å²) in [4.78, 5) is 27.7. The lowest BCUT2D eigenvalue weighted by Crippen LogP contribution is -2.37. The lowest BCUT2D eigenvalue weighted by Gasteiger charge is -2.31. The normalized spacial score (nSPS) is 18.5. The van der Waals surface area contributed by atoms with Crippen LogP contribution >= 0.6 is 0 Å². The number of ether oxygens (including phenoxy) is 1. The average molecular weight is 521 g/mol. The van der Waals surface area contributed by atoms with E-state index in [2.05, 4.69) is 15.5 Å². The summed E-state index contributed by atoms with van der Waals surface area (Å²) >= 11 is 0. The van der Waals surface area contributed by atoms with Crippen LogP contribution in [0, 0.1) is 0 Å². The number of fused-ring (bicyclic) bond motifs is 3. The van der Waals surface area contributed by atoms with Gasteiger partial charge in [-0.25, -0.2) is 18.6 Å². The van der Waals surface area contributed by atoms with E-state index in [-0.39, 0.29) is 18.2 Å². The van der Waals surface area contributed by atoms with E-state index in [4.69, 9.17) is 10.5 Å². The summed E-state index contributed by atoms with van der Waals surface area (Å²) in [6.07, 6.45) is 6.27. The molecule has 0 saturated heterocycles. The highest BCUT2D eigenvalue weighted by atomic mass is 16.5. The Morgan fingerprint density at radius 3 is 2.49 bits per heavy atom. The maximum absolute atomic E-state index is 14.3.